The minimum Gasteiger partial charge on any atom is -0.302 e. The molecule has 0 saturated heterocycles. The van der Waals surface area contributed by atoms with E-state index in [0.29, 0.717) is 0 Å². The molecular formula is C12H16N2. The highest BCUT2D eigenvalue weighted by Crippen LogP contribution is 2.02. The predicted octanol–water partition coefficient (Wildman–Crippen LogP) is 2.12. The zero-order valence-corrected chi connectivity index (χ0v) is 8.53. The lowest BCUT2D eigenvalue weighted by atomic mass is 10.1. The monoisotopic (exact) mass is 188 g/mol. The van der Waals surface area contributed by atoms with Crippen molar-refractivity contribution >= 4 is 0 Å². The third kappa shape index (κ3) is 3.59. The maximum absolute atomic E-state index is 8.90. The van der Waals surface area contributed by atoms with E-state index >= 15 is 0 Å². The number of nitriles is 1. The van der Waals surface area contributed by atoms with Crippen LogP contribution in [0.5, 0.6) is 0 Å². The SMILES string of the molecule is CCCNC(C#N)Cc1ccccc1. The van der Waals surface area contributed by atoms with Gasteiger partial charge >= 0.3 is 0 Å². The summed E-state index contributed by atoms with van der Waals surface area (Å²) in [5.74, 6) is 0. The van der Waals surface area contributed by atoms with Gasteiger partial charge < -0.3 is 5.32 Å². The number of hydrogen-bond acceptors (Lipinski definition) is 2. The molecule has 0 radical (unpaired) electrons. The van der Waals surface area contributed by atoms with Crippen LogP contribution in [0.4, 0.5) is 0 Å². The first kappa shape index (κ1) is 10.7. The fourth-order valence-electron chi connectivity index (χ4n) is 1.33. The number of nitrogens with zero attached hydrogens (tertiary/aromatic N) is 1. The maximum Gasteiger partial charge on any atom is 0.0993 e. The molecule has 0 aliphatic rings. The Kier molecular flexibility index (Phi) is 4.74. The summed E-state index contributed by atoms with van der Waals surface area (Å²) in [7, 11) is 0. The van der Waals surface area contributed by atoms with Crippen LogP contribution >= 0.6 is 0 Å². The molecule has 2 heteroatoms. The van der Waals surface area contributed by atoms with Gasteiger partial charge in [0.2, 0.25) is 0 Å². The molecule has 0 saturated carbocycles. The summed E-state index contributed by atoms with van der Waals surface area (Å²) in [6.45, 7) is 3.01. The Balaban J connectivity index is 2.46. The molecule has 1 atom stereocenters. The van der Waals surface area contributed by atoms with Crippen molar-refractivity contribution < 1.29 is 0 Å². The highest BCUT2D eigenvalue weighted by Gasteiger charge is 2.05. The molecule has 0 aromatic heterocycles. The molecule has 1 aromatic rings. The van der Waals surface area contributed by atoms with Crippen LogP contribution in [0.15, 0.2) is 30.3 Å². The molecule has 14 heavy (non-hydrogen) atoms. The van der Waals surface area contributed by atoms with Gasteiger partial charge in [0.1, 0.15) is 0 Å². The highest BCUT2D eigenvalue weighted by molar-refractivity contribution is 5.17. The van der Waals surface area contributed by atoms with Crippen molar-refractivity contribution in [2.45, 2.75) is 25.8 Å². The summed E-state index contributed by atoms with van der Waals surface area (Å²) in [6.07, 6.45) is 1.85. The average molecular weight is 188 g/mol. The van der Waals surface area contributed by atoms with Crippen LogP contribution in [0.1, 0.15) is 18.9 Å². The topological polar surface area (TPSA) is 35.8 Å². The molecule has 0 aliphatic carbocycles. The Morgan fingerprint density at radius 3 is 2.64 bits per heavy atom. The minimum atomic E-state index is -0.0580. The van der Waals surface area contributed by atoms with Crippen LogP contribution in [0.25, 0.3) is 0 Å². The number of rotatable bonds is 5. The first-order valence-electron chi connectivity index (χ1n) is 5.03. The van der Waals surface area contributed by atoms with E-state index in [0.717, 1.165) is 19.4 Å². The van der Waals surface area contributed by atoms with Gasteiger partial charge in [-0.3, -0.25) is 0 Å². The van der Waals surface area contributed by atoms with Crippen LogP contribution in [-0.2, 0) is 6.42 Å². The summed E-state index contributed by atoms with van der Waals surface area (Å²) < 4.78 is 0. The maximum atomic E-state index is 8.90. The van der Waals surface area contributed by atoms with Crippen LogP contribution in [-0.4, -0.2) is 12.6 Å². The normalized spacial score (nSPS) is 12.0. The summed E-state index contributed by atoms with van der Waals surface area (Å²) in [4.78, 5) is 0. The van der Waals surface area contributed by atoms with E-state index in [1.165, 1.54) is 5.56 Å². The Bertz CT molecular complexity index is 287. The van der Waals surface area contributed by atoms with E-state index in [2.05, 4.69) is 30.4 Å². The van der Waals surface area contributed by atoms with Gasteiger partial charge in [0.25, 0.3) is 0 Å². The number of nitrogens with one attached hydrogen (secondary N) is 1. The Hall–Kier alpha value is -1.33. The number of benzene rings is 1. The summed E-state index contributed by atoms with van der Waals surface area (Å²) in [6, 6.07) is 12.3. The zero-order valence-electron chi connectivity index (χ0n) is 8.53. The van der Waals surface area contributed by atoms with E-state index in [1.807, 2.05) is 18.2 Å². The molecule has 0 fully saturated rings. The second-order valence-corrected chi connectivity index (χ2v) is 3.33. The molecule has 1 unspecified atom stereocenters. The molecule has 0 amide bonds. The van der Waals surface area contributed by atoms with Gasteiger partial charge in [-0.05, 0) is 18.5 Å². The van der Waals surface area contributed by atoms with Crippen LogP contribution in [0.2, 0.25) is 0 Å². The molecule has 1 N–H and O–H groups in total. The van der Waals surface area contributed by atoms with E-state index in [4.69, 9.17) is 5.26 Å². The van der Waals surface area contributed by atoms with Crippen molar-refractivity contribution in [1.29, 1.82) is 5.26 Å². The van der Waals surface area contributed by atoms with Crippen molar-refractivity contribution in [2.75, 3.05) is 6.54 Å². The smallest absolute Gasteiger partial charge is 0.0993 e. The fourth-order valence-corrected chi connectivity index (χ4v) is 1.33. The molecule has 1 aromatic carbocycles. The first-order valence-corrected chi connectivity index (χ1v) is 5.03. The molecule has 0 heterocycles. The summed E-state index contributed by atoms with van der Waals surface area (Å²) in [5.41, 5.74) is 1.21. The lowest BCUT2D eigenvalue weighted by Gasteiger charge is -2.10. The van der Waals surface area contributed by atoms with Crippen LogP contribution in [0.3, 0.4) is 0 Å². The predicted molar refractivity (Wildman–Crippen MR) is 57.8 cm³/mol. The fraction of sp³-hybridized carbons (Fsp3) is 0.417. The van der Waals surface area contributed by atoms with Crippen molar-refractivity contribution in [3.63, 3.8) is 0 Å². The average Bonchev–Trinajstić information content (AvgIpc) is 2.25. The standard InChI is InChI=1S/C12H16N2/c1-2-8-14-12(10-13)9-11-6-4-3-5-7-11/h3-7,12,14H,2,8-9H2,1H3. The van der Waals surface area contributed by atoms with E-state index in [-0.39, 0.29) is 6.04 Å². The Morgan fingerprint density at radius 2 is 2.07 bits per heavy atom. The molecule has 0 spiro atoms. The van der Waals surface area contributed by atoms with Crippen LogP contribution in [0, 0.1) is 11.3 Å². The Morgan fingerprint density at radius 1 is 1.36 bits per heavy atom. The van der Waals surface area contributed by atoms with Gasteiger partial charge in [-0.1, -0.05) is 37.3 Å². The van der Waals surface area contributed by atoms with Crippen LogP contribution < -0.4 is 5.32 Å². The largest absolute Gasteiger partial charge is 0.302 e. The zero-order chi connectivity index (χ0) is 10.2. The van der Waals surface area contributed by atoms with Gasteiger partial charge in [-0.2, -0.15) is 5.26 Å². The van der Waals surface area contributed by atoms with Gasteiger partial charge in [0.15, 0.2) is 0 Å². The van der Waals surface area contributed by atoms with Crippen molar-refractivity contribution in [3.05, 3.63) is 35.9 Å². The Labute approximate surface area is 85.6 Å². The summed E-state index contributed by atoms with van der Waals surface area (Å²) in [5, 5.41) is 12.1. The second-order valence-electron chi connectivity index (χ2n) is 3.33. The summed E-state index contributed by atoms with van der Waals surface area (Å²) >= 11 is 0. The van der Waals surface area contributed by atoms with Crippen molar-refractivity contribution in [3.8, 4) is 6.07 Å². The van der Waals surface area contributed by atoms with Gasteiger partial charge in [0.05, 0.1) is 12.1 Å². The number of hydrogen-bond donors (Lipinski definition) is 1. The molecule has 0 bridgehead atoms. The minimum absolute atomic E-state index is 0.0580. The first-order chi connectivity index (χ1) is 6.86. The lowest BCUT2D eigenvalue weighted by molar-refractivity contribution is 0.593. The lowest BCUT2D eigenvalue weighted by Crippen LogP contribution is -2.30. The second kappa shape index (κ2) is 6.17. The molecule has 74 valence electrons. The van der Waals surface area contributed by atoms with Crippen molar-refractivity contribution in [2.24, 2.45) is 0 Å². The van der Waals surface area contributed by atoms with E-state index in [1.54, 1.807) is 0 Å². The third-order valence-electron chi connectivity index (χ3n) is 2.08. The van der Waals surface area contributed by atoms with E-state index < -0.39 is 0 Å². The van der Waals surface area contributed by atoms with E-state index in [9.17, 15) is 0 Å². The van der Waals surface area contributed by atoms with Gasteiger partial charge in [-0.25, -0.2) is 0 Å². The van der Waals surface area contributed by atoms with Gasteiger partial charge in [-0.15, -0.1) is 0 Å². The third-order valence-corrected chi connectivity index (χ3v) is 2.08. The molecule has 0 aliphatic heterocycles. The molecular weight excluding hydrogens is 172 g/mol. The quantitative estimate of drug-likeness (QED) is 0.768. The molecule has 1 rings (SSSR count). The molecule has 2 nitrogen and oxygen atoms in total. The highest BCUT2D eigenvalue weighted by atomic mass is 14.9. The van der Waals surface area contributed by atoms with Crippen molar-refractivity contribution in [1.82, 2.24) is 5.32 Å². The van der Waals surface area contributed by atoms with Gasteiger partial charge in [0, 0.05) is 6.42 Å².